The molecule has 0 saturated heterocycles. The Morgan fingerprint density at radius 1 is 1.09 bits per heavy atom. The van der Waals surface area contributed by atoms with Gasteiger partial charge >= 0.3 is 0 Å². The molecular weight excluding hydrogens is 312 g/mol. The molecule has 0 atom stereocenters. The van der Waals surface area contributed by atoms with Crippen LogP contribution in [0.25, 0.3) is 0 Å². The number of nitrogens with two attached hydrogens (primary N) is 1. The smallest absolute Gasteiger partial charge is 0.248 e. The van der Waals surface area contributed by atoms with Crippen molar-refractivity contribution in [2.75, 3.05) is 11.1 Å². The summed E-state index contributed by atoms with van der Waals surface area (Å²) in [7, 11) is 0. The highest BCUT2D eigenvalue weighted by Gasteiger charge is 2.10. The van der Waals surface area contributed by atoms with E-state index < -0.39 is 0 Å². The van der Waals surface area contributed by atoms with E-state index >= 15 is 0 Å². The Morgan fingerprint density at radius 2 is 1.87 bits per heavy atom. The van der Waals surface area contributed by atoms with Crippen molar-refractivity contribution in [2.45, 2.75) is 6.92 Å². The molecule has 0 amide bonds. The van der Waals surface area contributed by atoms with E-state index in [1.165, 1.54) is 6.33 Å². The lowest BCUT2D eigenvalue weighted by Crippen LogP contribution is -2.03. The van der Waals surface area contributed by atoms with Gasteiger partial charge < -0.3 is 15.8 Å². The molecule has 0 aliphatic carbocycles. The number of aromatic nitrogens is 2. The highest BCUT2D eigenvalue weighted by atomic mass is 35.5. The van der Waals surface area contributed by atoms with Crippen molar-refractivity contribution in [3.05, 3.63) is 65.4 Å². The fraction of sp³-hybridized carbons (Fsp3) is 0.0588. The molecule has 23 heavy (non-hydrogen) atoms. The van der Waals surface area contributed by atoms with Crippen molar-refractivity contribution in [1.29, 1.82) is 0 Å². The minimum absolute atomic E-state index is 0.299. The first kappa shape index (κ1) is 15.1. The van der Waals surface area contributed by atoms with Crippen LogP contribution in [-0.2, 0) is 0 Å². The Hall–Kier alpha value is -2.79. The van der Waals surface area contributed by atoms with Gasteiger partial charge in [0.2, 0.25) is 5.88 Å². The first-order valence-electron chi connectivity index (χ1n) is 6.99. The van der Waals surface area contributed by atoms with Gasteiger partial charge in [0.05, 0.1) is 0 Å². The Kier molecular flexibility index (Phi) is 4.30. The zero-order chi connectivity index (χ0) is 16.2. The molecule has 0 aliphatic heterocycles. The molecule has 1 heterocycles. The highest BCUT2D eigenvalue weighted by molar-refractivity contribution is 6.30. The third-order valence-electron chi connectivity index (χ3n) is 3.17. The second-order valence-corrected chi connectivity index (χ2v) is 5.43. The third-order valence-corrected chi connectivity index (χ3v) is 3.41. The second-order valence-electron chi connectivity index (χ2n) is 4.99. The molecule has 0 saturated carbocycles. The molecule has 3 aromatic rings. The van der Waals surface area contributed by atoms with Gasteiger partial charge in [0.25, 0.3) is 0 Å². The number of nitrogens with one attached hydrogen (secondary N) is 1. The third kappa shape index (κ3) is 3.70. The summed E-state index contributed by atoms with van der Waals surface area (Å²) in [6.07, 6.45) is 1.40. The SMILES string of the molecule is Cc1ccc(Oc2ncnc(Nc3cccc(Cl)c3)c2N)cc1. The van der Waals surface area contributed by atoms with Crippen LogP contribution >= 0.6 is 11.6 Å². The molecule has 116 valence electrons. The zero-order valence-electron chi connectivity index (χ0n) is 12.5. The van der Waals surface area contributed by atoms with Crippen LogP contribution in [0.2, 0.25) is 5.02 Å². The van der Waals surface area contributed by atoms with Gasteiger partial charge in [-0.3, -0.25) is 0 Å². The standard InChI is InChI=1S/C17H15ClN4O/c1-11-5-7-14(8-6-11)23-17-15(19)16(20-10-21-17)22-13-4-2-3-12(18)9-13/h2-10H,19H2,1H3,(H,20,21,22). The van der Waals surface area contributed by atoms with E-state index in [1.807, 2.05) is 43.3 Å². The lowest BCUT2D eigenvalue weighted by atomic mass is 10.2. The van der Waals surface area contributed by atoms with Crippen LogP contribution in [-0.4, -0.2) is 9.97 Å². The zero-order valence-corrected chi connectivity index (χ0v) is 13.2. The van der Waals surface area contributed by atoms with E-state index in [-0.39, 0.29) is 0 Å². The maximum absolute atomic E-state index is 6.10. The number of aryl methyl sites for hydroxylation is 1. The summed E-state index contributed by atoms with van der Waals surface area (Å²) in [6, 6.07) is 14.9. The summed E-state index contributed by atoms with van der Waals surface area (Å²) in [5.41, 5.74) is 8.36. The van der Waals surface area contributed by atoms with Crippen molar-refractivity contribution in [1.82, 2.24) is 9.97 Å². The normalized spacial score (nSPS) is 10.3. The number of anilines is 3. The number of benzene rings is 2. The predicted molar refractivity (Wildman–Crippen MR) is 92.4 cm³/mol. The first-order valence-corrected chi connectivity index (χ1v) is 7.37. The number of nitrogens with zero attached hydrogens (tertiary/aromatic N) is 2. The molecule has 0 fully saturated rings. The van der Waals surface area contributed by atoms with E-state index in [0.29, 0.717) is 28.2 Å². The summed E-state index contributed by atoms with van der Waals surface area (Å²) in [5.74, 6) is 1.42. The maximum Gasteiger partial charge on any atom is 0.248 e. The average molecular weight is 327 g/mol. The molecule has 0 aliphatic rings. The van der Waals surface area contributed by atoms with E-state index in [9.17, 15) is 0 Å². The van der Waals surface area contributed by atoms with Gasteiger partial charge in [0, 0.05) is 10.7 Å². The van der Waals surface area contributed by atoms with Crippen LogP contribution in [0, 0.1) is 6.92 Å². The maximum atomic E-state index is 6.10. The van der Waals surface area contributed by atoms with Crippen molar-refractivity contribution in [2.24, 2.45) is 0 Å². The monoisotopic (exact) mass is 326 g/mol. The predicted octanol–water partition coefficient (Wildman–Crippen LogP) is 4.56. The van der Waals surface area contributed by atoms with Gasteiger partial charge in [-0.15, -0.1) is 0 Å². The van der Waals surface area contributed by atoms with Crippen molar-refractivity contribution in [3.63, 3.8) is 0 Å². The Labute approximate surface area is 139 Å². The number of nitrogen functional groups attached to an aromatic ring is 1. The Balaban J connectivity index is 1.84. The van der Waals surface area contributed by atoms with Gasteiger partial charge in [0.15, 0.2) is 5.82 Å². The van der Waals surface area contributed by atoms with Crippen LogP contribution in [0.1, 0.15) is 5.56 Å². The van der Waals surface area contributed by atoms with Gasteiger partial charge in [0.1, 0.15) is 17.8 Å². The number of hydrogen-bond donors (Lipinski definition) is 2. The van der Waals surface area contributed by atoms with Crippen LogP contribution in [0.3, 0.4) is 0 Å². The van der Waals surface area contributed by atoms with Gasteiger partial charge in [-0.25, -0.2) is 4.98 Å². The molecule has 0 unspecified atom stereocenters. The lowest BCUT2D eigenvalue weighted by Gasteiger charge is -2.12. The lowest BCUT2D eigenvalue weighted by molar-refractivity contribution is 0.464. The molecule has 2 aromatic carbocycles. The van der Waals surface area contributed by atoms with Crippen LogP contribution in [0.4, 0.5) is 17.2 Å². The molecule has 3 N–H and O–H groups in total. The molecule has 6 heteroatoms. The molecule has 0 bridgehead atoms. The number of rotatable bonds is 4. The van der Waals surface area contributed by atoms with E-state index in [1.54, 1.807) is 12.1 Å². The first-order chi connectivity index (χ1) is 11.1. The summed E-state index contributed by atoms with van der Waals surface area (Å²) >= 11 is 5.97. The minimum Gasteiger partial charge on any atom is -0.437 e. The Morgan fingerprint density at radius 3 is 2.61 bits per heavy atom. The fourth-order valence-electron chi connectivity index (χ4n) is 1.98. The van der Waals surface area contributed by atoms with E-state index in [2.05, 4.69) is 15.3 Å². The largest absolute Gasteiger partial charge is 0.437 e. The molecule has 0 spiro atoms. The van der Waals surface area contributed by atoms with Gasteiger partial charge in [-0.05, 0) is 37.3 Å². The molecule has 0 radical (unpaired) electrons. The summed E-state index contributed by atoms with van der Waals surface area (Å²) in [4.78, 5) is 8.24. The van der Waals surface area contributed by atoms with E-state index in [0.717, 1.165) is 11.3 Å². The number of hydrogen-bond acceptors (Lipinski definition) is 5. The Bertz CT molecular complexity index is 821. The van der Waals surface area contributed by atoms with Crippen molar-refractivity contribution < 1.29 is 4.74 Å². The molecule has 5 nitrogen and oxygen atoms in total. The van der Waals surface area contributed by atoms with E-state index in [4.69, 9.17) is 22.1 Å². The second kappa shape index (κ2) is 6.54. The molecule has 1 aromatic heterocycles. The minimum atomic E-state index is 0.299. The van der Waals surface area contributed by atoms with Gasteiger partial charge in [-0.2, -0.15) is 4.98 Å². The summed E-state index contributed by atoms with van der Waals surface area (Å²) in [5, 5.41) is 3.73. The van der Waals surface area contributed by atoms with Crippen LogP contribution < -0.4 is 15.8 Å². The quantitative estimate of drug-likeness (QED) is 0.735. The summed E-state index contributed by atoms with van der Waals surface area (Å²) < 4.78 is 5.72. The highest BCUT2D eigenvalue weighted by Crippen LogP contribution is 2.31. The molecular formula is C17H15ClN4O. The van der Waals surface area contributed by atoms with Crippen molar-refractivity contribution in [3.8, 4) is 11.6 Å². The number of ether oxygens (including phenoxy) is 1. The van der Waals surface area contributed by atoms with Crippen LogP contribution in [0.5, 0.6) is 11.6 Å². The fourth-order valence-corrected chi connectivity index (χ4v) is 2.17. The summed E-state index contributed by atoms with van der Waals surface area (Å²) in [6.45, 7) is 2.01. The topological polar surface area (TPSA) is 73.1 Å². The number of halogens is 1. The average Bonchev–Trinajstić information content (AvgIpc) is 2.53. The van der Waals surface area contributed by atoms with Crippen molar-refractivity contribution >= 4 is 28.8 Å². The molecule has 3 rings (SSSR count). The van der Waals surface area contributed by atoms with Crippen LogP contribution in [0.15, 0.2) is 54.9 Å². The van der Waals surface area contributed by atoms with Gasteiger partial charge in [-0.1, -0.05) is 35.4 Å².